The van der Waals surface area contributed by atoms with Crippen molar-refractivity contribution in [1.29, 1.82) is 0 Å². The van der Waals surface area contributed by atoms with Crippen molar-refractivity contribution in [2.24, 2.45) is 0 Å². The van der Waals surface area contributed by atoms with Gasteiger partial charge in [0, 0.05) is 25.2 Å². The zero-order chi connectivity index (χ0) is 19.4. The molecule has 1 N–H and O–H groups in total. The summed E-state index contributed by atoms with van der Waals surface area (Å²) in [7, 11) is -7.56. The van der Waals surface area contributed by atoms with E-state index in [1.165, 1.54) is 12.1 Å². The van der Waals surface area contributed by atoms with Crippen molar-refractivity contribution in [2.75, 3.05) is 18.8 Å². The van der Waals surface area contributed by atoms with Gasteiger partial charge in [-0.2, -0.15) is 0 Å². The molecule has 2 aliphatic heterocycles. The molecule has 0 unspecified atom stereocenters. The summed E-state index contributed by atoms with van der Waals surface area (Å²) in [5.41, 5.74) is 0. The highest BCUT2D eigenvalue weighted by Gasteiger charge is 2.50. The smallest absolute Gasteiger partial charge is 0.253 e. The average Bonchev–Trinajstić information content (AvgIpc) is 3.33. The van der Waals surface area contributed by atoms with E-state index in [0.717, 1.165) is 16.4 Å². The number of nitrogens with one attached hydrogen (secondary N) is 1. The fourth-order valence-corrected chi connectivity index (χ4v) is 6.74. The summed E-state index contributed by atoms with van der Waals surface area (Å²) in [5.74, 6) is -1.28. The van der Waals surface area contributed by atoms with Crippen LogP contribution in [0.3, 0.4) is 0 Å². The molecule has 8 nitrogen and oxygen atoms in total. The third kappa shape index (κ3) is 3.60. The molecule has 2 atom stereocenters. The van der Waals surface area contributed by atoms with E-state index in [1.54, 1.807) is 4.90 Å². The number of sulfonamides is 2. The Morgan fingerprint density at radius 2 is 1.96 bits per heavy atom. The van der Waals surface area contributed by atoms with E-state index in [1.807, 2.05) is 0 Å². The highest BCUT2D eigenvalue weighted by Crippen LogP contribution is 2.34. The molecule has 27 heavy (non-hydrogen) atoms. The molecule has 2 saturated heterocycles. The van der Waals surface area contributed by atoms with E-state index in [4.69, 9.17) is 0 Å². The van der Waals surface area contributed by atoms with Gasteiger partial charge in [0.1, 0.15) is 5.82 Å². The monoisotopic (exact) mass is 417 g/mol. The first kappa shape index (κ1) is 18.8. The maximum Gasteiger partial charge on any atom is 0.253 e. The van der Waals surface area contributed by atoms with Crippen LogP contribution in [0.2, 0.25) is 0 Å². The van der Waals surface area contributed by atoms with Crippen molar-refractivity contribution in [2.45, 2.75) is 42.3 Å². The Morgan fingerprint density at radius 1 is 1.22 bits per heavy atom. The Bertz CT molecular complexity index is 978. The van der Waals surface area contributed by atoms with Gasteiger partial charge in [0.2, 0.25) is 20.0 Å². The van der Waals surface area contributed by atoms with Crippen LogP contribution in [0.15, 0.2) is 29.2 Å². The van der Waals surface area contributed by atoms with E-state index in [2.05, 4.69) is 4.72 Å². The topological polar surface area (TPSA) is 104 Å². The normalized spacial score (nSPS) is 28.8. The molecule has 0 aromatic heterocycles. The van der Waals surface area contributed by atoms with Gasteiger partial charge in [-0.05, 0) is 37.5 Å². The largest absolute Gasteiger partial charge is 0.289 e. The molecule has 148 valence electrons. The molecule has 4 rings (SSSR count). The Morgan fingerprint density at radius 3 is 2.63 bits per heavy atom. The number of carbonyl (C=O) groups excluding carboxylic acids is 1. The minimum Gasteiger partial charge on any atom is -0.289 e. The number of amides is 1. The van der Waals surface area contributed by atoms with E-state index in [-0.39, 0.29) is 36.2 Å². The van der Waals surface area contributed by atoms with E-state index in [0.29, 0.717) is 12.8 Å². The summed E-state index contributed by atoms with van der Waals surface area (Å²) in [6.07, 6.45) is 1.53. The number of nitrogens with zero attached hydrogens (tertiary/aromatic N) is 2. The van der Waals surface area contributed by atoms with Gasteiger partial charge in [-0.1, -0.05) is 6.07 Å². The van der Waals surface area contributed by atoms with Gasteiger partial charge in [-0.25, -0.2) is 30.3 Å². The Balaban J connectivity index is 1.52. The fraction of sp³-hybridized carbons (Fsp3) is 0.562. The predicted molar refractivity (Wildman–Crippen MR) is 94.1 cm³/mol. The second kappa shape index (κ2) is 6.50. The lowest BCUT2D eigenvalue weighted by molar-refractivity contribution is -0.130. The van der Waals surface area contributed by atoms with Gasteiger partial charge in [-0.3, -0.25) is 9.69 Å². The molecule has 3 aliphatic rings. The number of carbonyl (C=O) groups is 1. The van der Waals surface area contributed by atoms with Gasteiger partial charge < -0.3 is 0 Å². The number of fused-ring (bicyclic) bond motifs is 1. The molecule has 1 aliphatic carbocycles. The highest BCUT2D eigenvalue weighted by molar-refractivity contribution is 7.89. The summed E-state index contributed by atoms with van der Waals surface area (Å²) in [5, 5.41) is 0. The first-order valence-corrected chi connectivity index (χ1v) is 11.8. The second-order valence-electron chi connectivity index (χ2n) is 7.20. The minimum atomic E-state index is -3.94. The Kier molecular flexibility index (Phi) is 4.53. The standard InChI is InChI=1S/C16H20FN3O5S2/c17-11-2-1-3-14(8-11)27(24,25)18-12-9-15-16(21)20(13-4-5-13)26(22,23)7-6-19(15)10-12/h1-3,8,12-13,15,18H,4-7,9-10H2/t12-,15-/m0/s1. The zero-order valence-corrected chi connectivity index (χ0v) is 16.0. The summed E-state index contributed by atoms with van der Waals surface area (Å²) in [6.45, 7) is 0.416. The van der Waals surface area contributed by atoms with Crippen LogP contribution in [0.25, 0.3) is 0 Å². The van der Waals surface area contributed by atoms with Crippen molar-refractivity contribution < 1.29 is 26.0 Å². The lowest BCUT2D eigenvalue weighted by Gasteiger charge is -2.23. The summed E-state index contributed by atoms with van der Waals surface area (Å²) < 4.78 is 66.6. The molecule has 3 fully saturated rings. The number of rotatable bonds is 4. The van der Waals surface area contributed by atoms with Crippen LogP contribution in [0.4, 0.5) is 4.39 Å². The lowest BCUT2D eigenvalue weighted by Crippen LogP contribution is -2.45. The van der Waals surface area contributed by atoms with Crippen LogP contribution >= 0.6 is 0 Å². The van der Waals surface area contributed by atoms with E-state index < -0.39 is 43.9 Å². The fourth-order valence-electron chi connectivity index (χ4n) is 3.75. The van der Waals surface area contributed by atoms with Crippen molar-refractivity contribution in [3.8, 4) is 0 Å². The second-order valence-corrected chi connectivity index (χ2v) is 10.9. The SMILES string of the molecule is O=C1[C@@H]2C[C@H](NS(=O)(=O)c3cccc(F)c3)CN2CCS(=O)(=O)N1C1CC1. The van der Waals surface area contributed by atoms with Crippen LogP contribution in [-0.4, -0.2) is 68.9 Å². The van der Waals surface area contributed by atoms with Crippen molar-refractivity contribution in [3.05, 3.63) is 30.1 Å². The summed E-state index contributed by atoms with van der Waals surface area (Å²) in [4.78, 5) is 14.4. The molecule has 0 bridgehead atoms. The summed E-state index contributed by atoms with van der Waals surface area (Å²) >= 11 is 0. The van der Waals surface area contributed by atoms with Crippen LogP contribution in [0.5, 0.6) is 0 Å². The molecular formula is C16H20FN3O5S2. The van der Waals surface area contributed by atoms with E-state index >= 15 is 0 Å². The maximum atomic E-state index is 13.3. The van der Waals surface area contributed by atoms with Gasteiger partial charge in [0.15, 0.2) is 0 Å². The highest BCUT2D eigenvalue weighted by atomic mass is 32.2. The van der Waals surface area contributed by atoms with Gasteiger partial charge in [-0.15, -0.1) is 0 Å². The molecule has 2 heterocycles. The molecule has 11 heteroatoms. The van der Waals surface area contributed by atoms with Crippen LogP contribution < -0.4 is 4.72 Å². The quantitative estimate of drug-likeness (QED) is 0.733. The third-order valence-electron chi connectivity index (χ3n) is 5.15. The number of hydrogen-bond donors (Lipinski definition) is 1. The molecule has 1 amide bonds. The molecule has 0 spiro atoms. The number of hydrogen-bond acceptors (Lipinski definition) is 6. The van der Waals surface area contributed by atoms with Gasteiger partial charge >= 0.3 is 0 Å². The van der Waals surface area contributed by atoms with Crippen molar-refractivity contribution >= 4 is 26.0 Å². The summed E-state index contributed by atoms with van der Waals surface area (Å²) in [6, 6.07) is 3.23. The number of benzene rings is 1. The first-order valence-electron chi connectivity index (χ1n) is 8.75. The molecule has 1 saturated carbocycles. The molecule has 0 radical (unpaired) electrons. The maximum absolute atomic E-state index is 13.3. The van der Waals surface area contributed by atoms with E-state index in [9.17, 15) is 26.0 Å². The molecule has 1 aromatic carbocycles. The van der Waals surface area contributed by atoms with Gasteiger partial charge in [0.05, 0.1) is 16.7 Å². The van der Waals surface area contributed by atoms with Crippen molar-refractivity contribution in [1.82, 2.24) is 13.9 Å². The van der Waals surface area contributed by atoms with Crippen LogP contribution in [-0.2, 0) is 24.8 Å². The molecular weight excluding hydrogens is 397 g/mol. The molecule has 1 aromatic rings. The third-order valence-corrected chi connectivity index (χ3v) is 8.44. The first-order chi connectivity index (χ1) is 12.7. The van der Waals surface area contributed by atoms with Crippen LogP contribution in [0, 0.1) is 5.82 Å². The Hall–Kier alpha value is -1.56. The van der Waals surface area contributed by atoms with Crippen LogP contribution in [0.1, 0.15) is 19.3 Å². The zero-order valence-electron chi connectivity index (χ0n) is 14.4. The number of halogens is 1. The van der Waals surface area contributed by atoms with Crippen molar-refractivity contribution in [3.63, 3.8) is 0 Å². The lowest BCUT2D eigenvalue weighted by atomic mass is 10.1. The Labute approximate surface area is 157 Å². The minimum absolute atomic E-state index is 0.158. The van der Waals surface area contributed by atoms with Gasteiger partial charge in [0.25, 0.3) is 5.91 Å². The predicted octanol–water partition coefficient (Wildman–Crippen LogP) is -0.119. The average molecular weight is 417 g/mol.